The number of hydrogen-bond donors (Lipinski definition) is 0. The molecular weight excluding hydrogens is 375 g/mol. The van der Waals surface area contributed by atoms with Crippen LogP contribution in [0.15, 0.2) is 0 Å². The molecule has 126 valence electrons. The van der Waals surface area contributed by atoms with E-state index in [9.17, 15) is 0 Å². The van der Waals surface area contributed by atoms with Crippen LogP contribution in [0.5, 0.6) is 0 Å². The molecule has 0 N–H and O–H groups in total. The van der Waals surface area contributed by atoms with Gasteiger partial charge in [-0.2, -0.15) is 0 Å². The van der Waals surface area contributed by atoms with E-state index in [2.05, 4.69) is 54.6 Å². The van der Waals surface area contributed by atoms with Crippen LogP contribution < -0.4 is 0 Å². The van der Waals surface area contributed by atoms with Crippen LogP contribution in [0.25, 0.3) is 0 Å². The van der Waals surface area contributed by atoms with Crippen molar-refractivity contribution in [2.75, 3.05) is 0 Å². The molecule has 0 fully saturated rings. The molecule has 0 aromatic carbocycles. The van der Waals surface area contributed by atoms with E-state index in [1.807, 2.05) is 0 Å². The number of hydrogen-bond acceptors (Lipinski definition) is 0. The molecule has 0 amide bonds. The van der Waals surface area contributed by atoms with Crippen LogP contribution in [0.3, 0.4) is 0 Å². The second-order valence-electron chi connectivity index (χ2n) is 7.84. The first-order valence-corrected chi connectivity index (χ1v) is 13.1. The standard InChI is InChI=1S/C13H27.C6H15Si.Sn/c1-4-7-10-13(11-8-5-2)12-9-6-3;1-6(2,3)7(4)5;/h4-12H2,1-3H3;1-5H3;. The molecule has 0 aromatic heterocycles. The van der Waals surface area contributed by atoms with Crippen molar-refractivity contribution in [2.24, 2.45) is 0 Å². The van der Waals surface area contributed by atoms with Crippen molar-refractivity contribution < 1.29 is 0 Å². The maximum Gasteiger partial charge on any atom is 0.0470 e. The molecule has 0 saturated carbocycles. The molecule has 21 heavy (non-hydrogen) atoms. The van der Waals surface area contributed by atoms with E-state index in [4.69, 9.17) is 0 Å². The maximum atomic E-state index is 2.35. The van der Waals surface area contributed by atoms with Crippen LogP contribution in [0.1, 0.15) is 99.3 Å². The van der Waals surface area contributed by atoms with Crippen LogP contribution in [0, 0.1) is 0 Å². The summed E-state index contributed by atoms with van der Waals surface area (Å²) in [6.45, 7) is 18.6. The van der Waals surface area contributed by atoms with Gasteiger partial charge in [0.25, 0.3) is 0 Å². The van der Waals surface area contributed by atoms with Gasteiger partial charge in [-0.1, -0.05) is 33.9 Å². The monoisotopic (exact) mass is 418 g/mol. The Balaban J connectivity index is 0. The van der Waals surface area contributed by atoms with Gasteiger partial charge in [0.1, 0.15) is 0 Å². The summed E-state index contributed by atoms with van der Waals surface area (Å²) in [6, 6.07) is 0. The Kier molecular flexibility index (Phi) is 15.5. The molecule has 0 atom stereocenters. The summed E-state index contributed by atoms with van der Waals surface area (Å²) in [5.41, 5.74) is 0. The van der Waals surface area contributed by atoms with E-state index in [0.717, 1.165) is 3.43 Å². The molecule has 0 heterocycles. The van der Waals surface area contributed by atoms with Crippen molar-refractivity contribution in [1.82, 2.24) is 0 Å². The minimum Gasteiger partial charge on any atom is -0.0709 e. The molecule has 0 nitrogen and oxygen atoms in total. The smallest absolute Gasteiger partial charge is 0.0470 e. The first-order chi connectivity index (χ1) is 9.63. The topological polar surface area (TPSA) is 0 Å². The molecule has 4 radical (unpaired) electrons. The Morgan fingerprint density at radius 2 is 0.952 bits per heavy atom. The summed E-state index contributed by atoms with van der Waals surface area (Å²) in [5, 5.41) is 0.602. The molecule has 0 unspecified atom stereocenters. The quantitative estimate of drug-likeness (QED) is 0.342. The first kappa shape index (κ1) is 24.3. The zero-order valence-corrected chi connectivity index (χ0v) is 20.2. The first-order valence-electron chi connectivity index (χ1n) is 9.18. The molecule has 0 aliphatic rings. The molecule has 0 aromatic rings. The summed E-state index contributed by atoms with van der Waals surface area (Å²) in [7, 11) is -0.0502. The van der Waals surface area contributed by atoms with Gasteiger partial charge in [0.2, 0.25) is 0 Å². The number of unbranched alkanes of at least 4 members (excludes halogenated alkanes) is 3. The van der Waals surface area contributed by atoms with Gasteiger partial charge in [-0.25, -0.2) is 0 Å². The van der Waals surface area contributed by atoms with Crippen molar-refractivity contribution in [3.8, 4) is 0 Å². The van der Waals surface area contributed by atoms with E-state index >= 15 is 0 Å². The van der Waals surface area contributed by atoms with Gasteiger partial charge < -0.3 is 0 Å². The molecule has 0 bridgehead atoms. The third-order valence-corrected chi connectivity index (χ3v) is 9.67. The molecular formula is C19H42SiSn. The van der Waals surface area contributed by atoms with Crippen molar-refractivity contribution in [3.63, 3.8) is 0 Å². The minimum atomic E-state index is -0.0502. The van der Waals surface area contributed by atoms with E-state index in [1.54, 1.807) is 22.5 Å². The summed E-state index contributed by atoms with van der Waals surface area (Å²) in [4.78, 5) is 0. The van der Waals surface area contributed by atoms with Crippen LogP contribution in [-0.2, 0) is 0 Å². The zero-order chi connectivity index (χ0) is 16.9. The van der Waals surface area contributed by atoms with Gasteiger partial charge in [-0.3, -0.25) is 0 Å². The molecule has 0 aliphatic carbocycles. The number of rotatable bonds is 9. The van der Waals surface area contributed by atoms with Crippen LogP contribution in [0.2, 0.25) is 21.6 Å². The Morgan fingerprint density at radius 3 is 1.10 bits per heavy atom. The Bertz CT molecular complexity index is 196. The third-order valence-electron chi connectivity index (χ3n) is 4.53. The molecule has 0 spiro atoms. The molecule has 0 saturated heterocycles. The predicted molar refractivity (Wildman–Crippen MR) is 104 cm³/mol. The van der Waals surface area contributed by atoms with Crippen molar-refractivity contribution in [2.45, 2.75) is 121 Å². The summed E-state index contributed by atoms with van der Waals surface area (Å²) in [5.74, 6) is 0. The van der Waals surface area contributed by atoms with Gasteiger partial charge in [0.05, 0.1) is 0 Å². The minimum absolute atomic E-state index is 0.0502. The maximum absolute atomic E-state index is 2.35. The van der Waals surface area contributed by atoms with Gasteiger partial charge in [-0.15, -0.1) is 0 Å². The fraction of sp³-hybridized carbons (Fsp3) is 1.00. The van der Waals surface area contributed by atoms with Crippen molar-refractivity contribution in [1.29, 1.82) is 0 Å². The summed E-state index contributed by atoms with van der Waals surface area (Å²) < 4.78 is 0.745. The van der Waals surface area contributed by atoms with Gasteiger partial charge in [0, 0.05) is 8.80 Å². The van der Waals surface area contributed by atoms with Crippen LogP contribution in [-0.4, -0.2) is 31.3 Å². The Morgan fingerprint density at radius 1 is 0.714 bits per heavy atom. The predicted octanol–water partition coefficient (Wildman–Crippen LogP) is 7.43. The fourth-order valence-electron chi connectivity index (χ4n) is 1.92. The fourth-order valence-corrected chi connectivity index (χ4v) is 3.43. The molecule has 0 aliphatic heterocycles. The van der Waals surface area contributed by atoms with Gasteiger partial charge in [-0.05, 0) is 5.04 Å². The van der Waals surface area contributed by atoms with E-state index in [-0.39, 0.29) is 8.80 Å². The van der Waals surface area contributed by atoms with E-state index in [0.29, 0.717) is 5.04 Å². The largest absolute Gasteiger partial charge is 0.0709 e. The summed E-state index contributed by atoms with van der Waals surface area (Å²) >= 11 is 1.80. The molecule has 2 heteroatoms. The average molecular weight is 417 g/mol. The second kappa shape index (κ2) is 13.5. The Labute approximate surface area is 152 Å². The van der Waals surface area contributed by atoms with Crippen LogP contribution in [0.4, 0.5) is 0 Å². The van der Waals surface area contributed by atoms with Gasteiger partial charge >= 0.3 is 105 Å². The Hall–Kier alpha value is 1.02. The third kappa shape index (κ3) is 15.7. The van der Waals surface area contributed by atoms with E-state index < -0.39 is 0 Å². The van der Waals surface area contributed by atoms with Gasteiger partial charge in [0.15, 0.2) is 0 Å². The normalized spacial score (nSPS) is 12.3. The van der Waals surface area contributed by atoms with Crippen molar-refractivity contribution >= 4 is 31.3 Å². The van der Waals surface area contributed by atoms with Crippen LogP contribution >= 0.6 is 0 Å². The van der Waals surface area contributed by atoms with Crippen molar-refractivity contribution in [3.05, 3.63) is 0 Å². The SMILES string of the molecule is CCCC[C]([Sn])(CCCC)CCCC.C[Si](C)C(C)(C)C. The molecule has 0 rings (SSSR count). The van der Waals surface area contributed by atoms with E-state index in [1.165, 1.54) is 57.8 Å². The average Bonchev–Trinajstić information content (AvgIpc) is 2.40. The zero-order valence-electron chi connectivity index (χ0n) is 16.4. The summed E-state index contributed by atoms with van der Waals surface area (Å²) in [6.07, 6.45) is 12.9. The second-order valence-corrected chi connectivity index (χ2v) is 14.4.